The number of nitro groups is 1. The Balaban J connectivity index is 2.60. The van der Waals surface area contributed by atoms with E-state index in [-0.39, 0.29) is 16.9 Å². The van der Waals surface area contributed by atoms with E-state index in [0.717, 1.165) is 6.20 Å². The zero-order valence-electron chi connectivity index (χ0n) is 9.42. The first-order valence-corrected chi connectivity index (χ1v) is 5.06. The quantitative estimate of drug-likeness (QED) is 0.665. The topological polar surface area (TPSA) is 81.0 Å². The van der Waals surface area contributed by atoms with Gasteiger partial charge in [0.15, 0.2) is 5.82 Å². The van der Waals surface area contributed by atoms with E-state index in [9.17, 15) is 14.5 Å². The standard InChI is InChI=1S/C11H9FN4O2/c1-13-11-5-7(16(17)18)4-10(15-11)8-2-3-14-6-9(8)12/h2-6H,1H3,(H,13,15). The van der Waals surface area contributed by atoms with Gasteiger partial charge in [0.2, 0.25) is 0 Å². The second-order valence-corrected chi connectivity index (χ2v) is 3.46. The minimum atomic E-state index is -0.576. The molecule has 2 heterocycles. The number of nitrogens with one attached hydrogen (secondary N) is 1. The van der Waals surface area contributed by atoms with Crippen molar-refractivity contribution in [3.8, 4) is 11.3 Å². The Morgan fingerprint density at radius 2 is 2.22 bits per heavy atom. The largest absolute Gasteiger partial charge is 0.373 e. The fraction of sp³-hybridized carbons (Fsp3) is 0.0909. The summed E-state index contributed by atoms with van der Waals surface area (Å²) in [7, 11) is 1.58. The average Bonchev–Trinajstić information content (AvgIpc) is 2.38. The second kappa shape index (κ2) is 4.74. The molecule has 0 amide bonds. The highest BCUT2D eigenvalue weighted by Gasteiger charge is 2.14. The van der Waals surface area contributed by atoms with E-state index in [4.69, 9.17) is 0 Å². The number of hydrogen-bond donors (Lipinski definition) is 1. The molecule has 1 N–H and O–H groups in total. The fourth-order valence-electron chi connectivity index (χ4n) is 1.47. The zero-order valence-corrected chi connectivity index (χ0v) is 9.42. The van der Waals surface area contributed by atoms with Gasteiger partial charge in [-0.1, -0.05) is 0 Å². The Kier molecular flexibility index (Phi) is 3.13. The number of halogens is 1. The third kappa shape index (κ3) is 2.24. The van der Waals surface area contributed by atoms with Gasteiger partial charge in [0.05, 0.1) is 22.9 Å². The Hall–Kier alpha value is -2.57. The molecule has 0 fully saturated rings. The molecule has 0 aliphatic carbocycles. The lowest BCUT2D eigenvalue weighted by molar-refractivity contribution is -0.384. The first kappa shape index (κ1) is 11.9. The minimum absolute atomic E-state index is 0.152. The molecule has 2 aromatic heterocycles. The summed E-state index contributed by atoms with van der Waals surface area (Å²) >= 11 is 0. The summed E-state index contributed by atoms with van der Waals surface area (Å²) in [6.45, 7) is 0. The van der Waals surface area contributed by atoms with Gasteiger partial charge in [-0.2, -0.15) is 0 Å². The van der Waals surface area contributed by atoms with Gasteiger partial charge in [0, 0.05) is 24.9 Å². The third-order valence-corrected chi connectivity index (χ3v) is 2.33. The molecule has 0 saturated heterocycles. The molecule has 92 valence electrons. The first-order chi connectivity index (χ1) is 8.61. The van der Waals surface area contributed by atoms with Crippen molar-refractivity contribution in [3.63, 3.8) is 0 Å². The molecule has 0 saturated carbocycles. The molecule has 0 aromatic carbocycles. The molecular weight excluding hydrogens is 239 g/mol. The van der Waals surface area contributed by atoms with Gasteiger partial charge in [-0.05, 0) is 6.07 Å². The SMILES string of the molecule is CNc1cc([N+](=O)[O-])cc(-c2ccncc2F)n1. The normalized spacial score (nSPS) is 10.1. The number of pyridine rings is 2. The van der Waals surface area contributed by atoms with Crippen molar-refractivity contribution in [1.29, 1.82) is 0 Å². The molecule has 0 unspecified atom stereocenters. The molecule has 0 aliphatic rings. The van der Waals surface area contributed by atoms with Gasteiger partial charge in [0.25, 0.3) is 5.69 Å². The lowest BCUT2D eigenvalue weighted by Crippen LogP contribution is -1.98. The molecule has 0 radical (unpaired) electrons. The van der Waals surface area contributed by atoms with E-state index in [1.165, 1.54) is 24.4 Å². The number of hydrogen-bond acceptors (Lipinski definition) is 5. The van der Waals surface area contributed by atoms with E-state index in [1.807, 2.05) is 0 Å². The van der Waals surface area contributed by atoms with Crippen molar-refractivity contribution in [2.45, 2.75) is 0 Å². The van der Waals surface area contributed by atoms with Gasteiger partial charge in [-0.25, -0.2) is 9.37 Å². The van der Waals surface area contributed by atoms with Crippen LogP contribution in [0.4, 0.5) is 15.9 Å². The van der Waals surface area contributed by atoms with Crippen molar-refractivity contribution in [2.75, 3.05) is 12.4 Å². The highest BCUT2D eigenvalue weighted by atomic mass is 19.1. The molecule has 0 aliphatic heterocycles. The van der Waals surface area contributed by atoms with Crippen LogP contribution in [-0.4, -0.2) is 21.9 Å². The number of nitrogens with zero attached hydrogens (tertiary/aromatic N) is 3. The summed E-state index contributed by atoms with van der Waals surface area (Å²) in [5, 5.41) is 13.5. The van der Waals surface area contributed by atoms with Crippen LogP contribution in [0.5, 0.6) is 0 Å². The van der Waals surface area contributed by atoms with Crippen molar-refractivity contribution in [1.82, 2.24) is 9.97 Å². The maximum absolute atomic E-state index is 13.6. The Labute approximate surface area is 102 Å². The van der Waals surface area contributed by atoms with E-state index in [2.05, 4.69) is 15.3 Å². The predicted octanol–water partition coefficient (Wildman–Crippen LogP) is 2.23. The minimum Gasteiger partial charge on any atom is -0.373 e. The number of aromatic nitrogens is 2. The van der Waals surface area contributed by atoms with Crippen LogP contribution in [0.15, 0.2) is 30.6 Å². The summed E-state index contributed by atoms with van der Waals surface area (Å²) in [6, 6.07) is 3.92. The van der Waals surface area contributed by atoms with Crippen LogP contribution in [-0.2, 0) is 0 Å². The Bertz CT molecular complexity index is 603. The van der Waals surface area contributed by atoms with Crippen molar-refractivity contribution in [3.05, 3.63) is 46.5 Å². The van der Waals surface area contributed by atoms with E-state index >= 15 is 0 Å². The Morgan fingerprint density at radius 1 is 1.44 bits per heavy atom. The molecule has 0 spiro atoms. The fourth-order valence-corrected chi connectivity index (χ4v) is 1.47. The Morgan fingerprint density at radius 3 is 2.83 bits per heavy atom. The molecule has 18 heavy (non-hydrogen) atoms. The van der Waals surface area contributed by atoms with Crippen molar-refractivity contribution >= 4 is 11.5 Å². The van der Waals surface area contributed by atoms with Gasteiger partial charge in [0.1, 0.15) is 5.82 Å². The van der Waals surface area contributed by atoms with Crippen LogP contribution in [0.2, 0.25) is 0 Å². The lowest BCUT2D eigenvalue weighted by atomic mass is 10.1. The zero-order chi connectivity index (χ0) is 13.1. The summed E-state index contributed by atoms with van der Waals surface area (Å²) in [4.78, 5) is 17.9. The second-order valence-electron chi connectivity index (χ2n) is 3.46. The molecule has 2 rings (SSSR count). The highest BCUT2D eigenvalue weighted by molar-refractivity contribution is 5.65. The van der Waals surface area contributed by atoms with Crippen LogP contribution < -0.4 is 5.32 Å². The van der Waals surface area contributed by atoms with E-state index in [1.54, 1.807) is 7.05 Å². The van der Waals surface area contributed by atoms with Gasteiger partial charge in [-0.15, -0.1) is 0 Å². The maximum atomic E-state index is 13.6. The number of rotatable bonds is 3. The van der Waals surface area contributed by atoms with Crippen LogP contribution in [0, 0.1) is 15.9 Å². The van der Waals surface area contributed by atoms with Gasteiger partial charge >= 0.3 is 0 Å². The maximum Gasteiger partial charge on any atom is 0.275 e. The van der Waals surface area contributed by atoms with Gasteiger partial charge < -0.3 is 5.32 Å². The third-order valence-electron chi connectivity index (χ3n) is 2.33. The van der Waals surface area contributed by atoms with Crippen LogP contribution in [0.25, 0.3) is 11.3 Å². The number of anilines is 1. The van der Waals surface area contributed by atoms with E-state index < -0.39 is 10.7 Å². The summed E-state index contributed by atoms with van der Waals surface area (Å²) < 4.78 is 13.6. The first-order valence-electron chi connectivity index (χ1n) is 5.06. The van der Waals surface area contributed by atoms with Crippen LogP contribution in [0.3, 0.4) is 0 Å². The van der Waals surface area contributed by atoms with Gasteiger partial charge in [-0.3, -0.25) is 15.1 Å². The van der Waals surface area contributed by atoms with E-state index in [0.29, 0.717) is 5.82 Å². The highest BCUT2D eigenvalue weighted by Crippen LogP contribution is 2.26. The molecule has 6 nitrogen and oxygen atoms in total. The molecule has 2 aromatic rings. The molecule has 7 heteroatoms. The van der Waals surface area contributed by atoms with Crippen molar-refractivity contribution < 1.29 is 9.31 Å². The smallest absolute Gasteiger partial charge is 0.275 e. The molecule has 0 bridgehead atoms. The molecule has 0 atom stereocenters. The summed E-state index contributed by atoms with van der Waals surface area (Å²) in [5.41, 5.74) is 0.208. The predicted molar refractivity (Wildman–Crippen MR) is 63.6 cm³/mol. The molecular formula is C11H9FN4O2. The summed E-state index contributed by atoms with van der Waals surface area (Å²) in [5.74, 6) is -0.275. The van der Waals surface area contributed by atoms with Crippen LogP contribution in [0.1, 0.15) is 0 Å². The monoisotopic (exact) mass is 248 g/mol. The average molecular weight is 248 g/mol. The lowest BCUT2D eigenvalue weighted by Gasteiger charge is -2.05. The summed E-state index contributed by atoms with van der Waals surface area (Å²) in [6.07, 6.45) is 2.44. The van der Waals surface area contributed by atoms with Crippen molar-refractivity contribution in [2.24, 2.45) is 0 Å². The van der Waals surface area contributed by atoms with Crippen LogP contribution >= 0.6 is 0 Å².